The summed E-state index contributed by atoms with van der Waals surface area (Å²) in [5.74, 6) is 2.21. The molecule has 0 amide bonds. The number of methoxy groups -OCH3 is 2. The normalized spacial score (nSPS) is 9.71. The zero-order chi connectivity index (χ0) is 15.7. The Hall–Kier alpha value is -2.22. The van der Waals surface area contributed by atoms with Crippen LogP contribution in [0, 0.1) is 0 Å². The SMILES string of the molecule is C=C.CCC(c1ccc(OC)cc1)c1ccc(OC)cc1. The molecule has 0 aliphatic heterocycles. The molecule has 2 rings (SSSR count). The molecule has 0 N–H and O–H groups in total. The maximum Gasteiger partial charge on any atom is 0.118 e. The number of ether oxygens (including phenoxy) is 2. The van der Waals surface area contributed by atoms with E-state index in [-0.39, 0.29) is 0 Å². The van der Waals surface area contributed by atoms with Gasteiger partial charge in [-0.2, -0.15) is 0 Å². The molecular formula is C19H24O2. The van der Waals surface area contributed by atoms with Crippen LogP contribution >= 0.6 is 0 Å². The van der Waals surface area contributed by atoms with E-state index >= 15 is 0 Å². The van der Waals surface area contributed by atoms with Crippen LogP contribution < -0.4 is 9.47 Å². The van der Waals surface area contributed by atoms with Crippen molar-refractivity contribution in [3.8, 4) is 11.5 Å². The third kappa shape index (κ3) is 4.38. The molecule has 0 saturated heterocycles. The Labute approximate surface area is 128 Å². The minimum absolute atomic E-state index is 0.414. The van der Waals surface area contributed by atoms with Crippen molar-refractivity contribution in [1.82, 2.24) is 0 Å². The molecule has 0 saturated carbocycles. The number of rotatable bonds is 5. The Morgan fingerprint density at radius 2 is 1.10 bits per heavy atom. The first-order valence-corrected chi connectivity index (χ1v) is 7.06. The average molecular weight is 284 g/mol. The molecule has 21 heavy (non-hydrogen) atoms. The summed E-state index contributed by atoms with van der Waals surface area (Å²) in [6.07, 6.45) is 1.07. The van der Waals surface area contributed by atoms with E-state index in [1.165, 1.54) is 11.1 Å². The monoisotopic (exact) mass is 284 g/mol. The molecule has 0 fully saturated rings. The summed E-state index contributed by atoms with van der Waals surface area (Å²) in [6.45, 7) is 8.21. The van der Waals surface area contributed by atoms with Gasteiger partial charge in [-0.3, -0.25) is 0 Å². The Kier molecular flexibility index (Phi) is 7.10. The van der Waals surface area contributed by atoms with Gasteiger partial charge in [0, 0.05) is 5.92 Å². The Morgan fingerprint density at radius 1 is 0.762 bits per heavy atom. The van der Waals surface area contributed by atoms with E-state index in [4.69, 9.17) is 9.47 Å². The van der Waals surface area contributed by atoms with Gasteiger partial charge in [-0.15, -0.1) is 13.2 Å². The Balaban J connectivity index is 0.00000106. The lowest BCUT2D eigenvalue weighted by Gasteiger charge is -2.16. The summed E-state index contributed by atoms with van der Waals surface area (Å²) < 4.78 is 10.4. The Bertz CT molecular complexity index is 467. The van der Waals surface area contributed by atoms with E-state index in [0.29, 0.717) is 5.92 Å². The van der Waals surface area contributed by atoms with Gasteiger partial charge < -0.3 is 9.47 Å². The van der Waals surface area contributed by atoms with Gasteiger partial charge in [0.25, 0.3) is 0 Å². The second kappa shape index (κ2) is 8.85. The highest BCUT2D eigenvalue weighted by molar-refractivity contribution is 5.38. The molecule has 2 aromatic rings. The van der Waals surface area contributed by atoms with Gasteiger partial charge in [-0.1, -0.05) is 31.2 Å². The predicted molar refractivity (Wildman–Crippen MR) is 89.4 cm³/mol. The van der Waals surface area contributed by atoms with Gasteiger partial charge in [0.1, 0.15) is 11.5 Å². The van der Waals surface area contributed by atoms with Gasteiger partial charge in [0.2, 0.25) is 0 Å². The topological polar surface area (TPSA) is 18.5 Å². The lowest BCUT2D eigenvalue weighted by molar-refractivity contribution is 0.414. The zero-order valence-electron chi connectivity index (χ0n) is 13.1. The van der Waals surface area contributed by atoms with Crippen molar-refractivity contribution in [3.63, 3.8) is 0 Å². The van der Waals surface area contributed by atoms with Crippen molar-refractivity contribution in [2.45, 2.75) is 19.3 Å². The largest absolute Gasteiger partial charge is 0.497 e. The predicted octanol–water partition coefficient (Wildman–Crippen LogP) is 5.05. The third-order valence-electron chi connectivity index (χ3n) is 3.44. The minimum atomic E-state index is 0.414. The van der Waals surface area contributed by atoms with E-state index in [0.717, 1.165) is 17.9 Å². The summed E-state index contributed by atoms with van der Waals surface area (Å²) >= 11 is 0. The molecule has 2 nitrogen and oxygen atoms in total. The molecule has 0 heterocycles. The van der Waals surface area contributed by atoms with Gasteiger partial charge in [0.05, 0.1) is 14.2 Å². The highest BCUT2D eigenvalue weighted by Crippen LogP contribution is 2.30. The van der Waals surface area contributed by atoms with Crippen LogP contribution in [0.25, 0.3) is 0 Å². The standard InChI is InChI=1S/C17H20O2.C2H4/c1-4-17(13-5-9-15(18-2)10-6-13)14-7-11-16(19-3)12-8-14;1-2/h5-12,17H,4H2,1-3H3;1-2H2. The average Bonchev–Trinajstić information content (AvgIpc) is 2.58. The van der Waals surface area contributed by atoms with Crippen LogP contribution in [-0.2, 0) is 0 Å². The second-order valence-electron chi connectivity index (χ2n) is 4.51. The zero-order valence-corrected chi connectivity index (χ0v) is 13.1. The van der Waals surface area contributed by atoms with Crippen molar-refractivity contribution in [1.29, 1.82) is 0 Å². The first-order chi connectivity index (χ1) is 10.3. The summed E-state index contributed by atoms with van der Waals surface area (Å²) in [7, 11) is 3.38. The molecule has 0 aliphatic rings. The Morgan fingerprint density at radius 3 is 1.33 bits per heavy atom. The van der Waals surface area contributed by atoms with Crippen LogP contribution in [0.4, 0.5) is 0 Å². The van der Waals surface area contributed by atoms with Crippen molar-refractivity contribution in [2.75, 3.05) is 14.2 Å². The third-order valence-corrected chi connectivity index (χ3v) is 3.44. The van der Waals surface area contributed by atoms with Gasteiger partial charge in [-0.25, -0.2) is 0 Å². The van der Waals surface area contributed by atoms with E-state index in [9.17, 15) is 0 Å². The fourth-order valence-electron chi connectivity index (χ4n) is 2.34. The maximum absolute atomic E-state index is 5.20. The molecule has 0 unspecified atom stereocenters. The molecule has 0 aromatic heterocycles. The number of hydrogen-bond donors (Lipinski definition) is 0. The van der Waals surface area contributed by atoms with Crippen LogP contribution in [0.2, 0.25) is 0 Å². The molecule has 0 bridgehead atoms. The molecule has 2 heteroatoms. The quantitative estimate of drug-likeness (QED) is 0.715. The highest BCUT2D eigenvalue weighted by Gasteiger charge is 2.12. The molecule has 0 spiro atoms. The van der Waals surface area contributed by atoms with Gasteiger partial charge in [-0.05, 0) is 41.8 Å². The number of benzene rings is 2. The van der Waals surface area contributed by atoms with E-state index in [2.05, 4.69) is 44.3 Å². The maximum atomic E-state index is 5.20. The van der Waals surface area contributed by atoms with E-state index < -0.39 is 0 Å². The van der Waals surface area contributed by atoms with E-state index in [1.807, 2.05) is 24.3 Å². The molecule has 0 radical (unpaired) electrons. The molecule has 2 aromatic carbocycles. The van der Waals surface area contributed by atoms with Crippen LogP contribution in [0.1, 0.15) is 30.4 Å². The second-order valence-corrected chi connectivity index (χ2v) is 4.51. The summed E-state index contributed by atoms with van der Waals surface area (Å²) in [5.41, 5.74) is 2.63. The van der Waals surface area contributed by atoms with E-state index in [1.54, 1.807) is 14.2 Å². The van der Waals surface area contributed by atoms with Crippen LogP contribution in [0.15, 0.2) is 61.7 Å². The van der Waals surface area contributed by atoms with Crippen molar-refractivity contribution >= 4 is 0 Å². The van der Waals surface area contributed by atoms with Crippen LogP contribution in [-0.4, -0.2) is 14.2 Å². The minimum Gasteiger partial charge on any atom is -0.497 e. The summed E-state index contributed by atoms with van der Waals surface area (Å²) in [6, 6.07) is 16.6. The smallest absolute Gasteiger partial charge is 0.118 e. The van der Waals surface area contributed by atoms with Gasteiger partial charge in [0.15, 0.2) is 0 Å². The molecular weight excluding hydrogens is 260 g/mol. The number of hydrogen-bond acceptors (Lipinski definition) is 2. The lowest BCUT2D eigenvalue weighted by Crippen LogP contribution is -1.99. The highest BCUT2D eigenvalue weighted by atomic mass is 16.5. The van der Waals surface area contributed by atoms with Gasteiger partial charge >= 0.3 is 0 Å². The first kappa shape index (κ1) is 16.8. The van der Waals surface area contributed by atoms with Crippen LogP contribution in [0.5, 0.6) is 11.5 Å². The fraction of sp³-hybridized carbons (Fsp3) is 0.263. The molecule has 0 aliphatic carbocycles. The lowest BCUT2D eigenvalue weighted by atomic mass is 9.89. The van der Waals surface area contributed by atoms with Crippen molar-refractivity contribution < 1.29 is 9.47 Å². The summed E-state index contributed by atoms with van der Waals surface area (Å²) in [5, 5.41) is 0. The van der Waals surface area contributed by atoms with Crippen molar-refractivity contribution in [3.05, 3.63) is 72.8 Å². The van der Waals surface area contributed by atoms with Crippen molar-refractivity contribution in [2.24, 2.45) is 0 Å². The molecule has 112 valence electrons. The first-order valence-electron chi connectivity index (χ1n) is 7.06. The fourth-order valence-corrected chi connectivity index (χ4v) is 2.34. The summed E-state index contributed by atoms with van der Waals surface area (Å²) in [4.78, 5) is 0. The van der Waals surface area contributed by atoms with Crippen LogP contribution in [0.3, 0.4) is 0 Å². The molecule has 0 atom stereocenters.